The Morgan fingerprint density at radius 1 is 1.05 bits per heavy atom. The third-order valence-corrected chi connectivity index (χ3v) is 1.98. The molecule has 0 fully saturated rings. The van der Waals surface area contributed by atoms with Crippen molar-refractivity contribution in [3.05, 3.63) is 0 Å². The Balaban J connectivity index is 3.69. The Hall–Kier alpha value is -2.36. The number of hydrogen-bond donors (Lipinski definition) is 4. The van der Waals surface area contributed by atoms with Crippen LogP contribution in [0.25, 0.3) is 0 Å². The molecule has 0 aromatic heterocycles. The number of alkyl carbamates (subject to hydrolysis) is 1. The number of methoxy groups -OCH3 is 1. The maximum atomic E-state index is 11.2. The number of carbonyl (C=O) groups is 4. The molecular weight excluding hydrogens is 274 g/mol. The lowest BCUT2D eigenvalue weighted by Crippen LogP contribution is -2.42. The average molecular weight is 291 g/mol. The Morgan fingerprint density at radius 3 is 2.15 bits per heavy atom. The summed E-state index contributed by atoms with van der Waals surface area (Å²) in [7, 11) is 1.15. The molecule has 10 nitrogen and oxygen atoms in total. The van der Waals surface area contributed by atoms with E-state index in [-0.39, 0.29) is 19.8 Å². The van der Waals surface area contributed by atoms with E-state index in [4.69, 9.17) is 9.84 Å². The van der Waals surface area contributed by atoms with Gasteiger partial charge >= 0.3 is 12.1 Å². The number of carbonyl (C=O) groups excluding carboxylic acids is 3. The molecule has 0 bridgehead atoms. The largest absolute Gasteiger partial charge is 0.479 e. The fourth-order valence-electron chi connectivity index (χ4n) is 0.847. The third kappa shape index (κ3) is 8.69. The van der Waals surface area contributed by atoms with Crippen molar-refractivity contribution in [1.29, 1.82) is 0 Å². The fraction of sp³-hybridized carbons (Fsp3) is 0.600. The van der Waals surface area contributed by atoms with Crippen LogP contribution in [0.3, 0.4) is 0 Å². The van der Waals surface area contributed by atoms with Crippen LogP contribution in [0.2, 0.25) is 0 Å². The molecule has 1 atom stereocenters. The van der Waals surface area contributed by atoms with Crippen molar-refractivity contribution < 1.29 is 33.8 Å². The van der Waals surface area contributed by atoms with E-state index in [1.165, 1.54) is 6.92 Å². The van der Waals surface area contributed by atoms with Gasteiger partial charge in [-0.2, -0.15) is 0 Å². The van der Waals surface area contributed by atoms with Crippen LogP contribution in [-0.2, 0) is 23.9 Å². The fourth-order valence-corrected chi connectivity index (χ4v) is 0.847. The lowest BCUT2D eigenvalue weighted by atomic mass is 10.4. The highest BCUT2D eigenvalue weighted by atomic mass is 16.5. The van der Waals surface area contributed by atoms with Gasteiger partial charge in [0.05, 0.1) is 13.7 Å². The molecule has 0 saturated carbocycles. The molecule has 20 heavy (non-hydrogen) atoms. The molecule has 0 saturated heterocycles. The van der Waals surface area contributed by atoms with E-state index in [0.29, 0.717) is 0 Å². The van der Waals surface area contributed by atoms with Crippen LogP contribution in [0.4, 0.5) is 4.79 Å². The van der Waals surface area contributed by atoms with Crippen molar-refractivity contribution in [2.75, 3.05) is 26.9 Å². The van der Waals surface area contributed by atoms with E-state index in [0.717, 1.165) is 7.11 Å². The van der Waals surface area contributed by atoms with Gasteiger partial charge in [-0.25, -0.2) is 9.59 Å². The molecule has 0 aliphatic heterocycles. The lowest BCUT2D eigenvalue weighted by molar-refractivity contribution is -0.150. The van der Waals surface area contributed by atoms with E-state index in [1.807, 2.05) is 0 Å². The Bertz CT molecular complexity index is 372. The average Bonchev–Trinajstić information content (AvgIpc) is 2.41. The topological polar surface area (TPSA) is 143 Å². The smallest absolute Gasteiger partial charge is 0.407 e. The summed E-state index contributed by atoms with van der Waals surface area (Å²) in [5.74, 6) is -2.29. The lowest BCUT2D eigenvalue weighted by Gasteiger charge is -2.10. The van der Waals surface area contributed by atoms with Crippen LogP contribution in [0, 0.1) is 0 Å². The standard InChI is InChI=1S/C10H17N3O7/c1-6(9(16)17)20-5-13-8(15)3-11-7(14)4-12-10(18)19-2/h6H,3-5H2,1-2H3,(H,11,14)(H,12,18)(H,13,15)(H,16,17). The minimum absolute atomic E-state index is 0.289. The highest BCUT2D eigenvalue weighted by Gasteiger charge is 2.11. The number of amides is 3. The summed E-state index contributed by atoms with van der Waals surface area (Å²) in [6.07, 6.45) is -1.81. The molecule has 4 N–H and O–H groups in total. The molecule has 0 spiro atoms. The quantitative estimate of drug-likeness (QED) is 0.379. The zero-order chi connectivity index (χ0) is 15.5. The summed E-state index contributed by atoms with van der Waals surface area (Å²) in [6, 6.07) is 0. The maximum Gasteiger partial charge on any atom is 0.407 e. The van der Waals surface area contributed by atoms with Gasteiger partial charge in [-0.1, -0.05) is 0 Å². The van der Waals surface area contributed by atoms with Gasteiger partial charge < -0.3 is 30.5 Å². The molecule has 0 rings (SSSR count). The highest BCUT2D eigenvalue weighted by Crippen LogP contribution is 1.87. The first kappa shape index (κ1) is 17.6. The number of ether oxygens (including phenoxy) is 2. The van der Waals surface area contributed by atoms with Crippen molar-refractivity contribution in [3.63, 3.8) is 0 Å². The van der Waals surface area contributed by atoms with Gasteiger partial charge in [0.1, 0.15) is 13.3 Å². The molecule has 3 amide bonds. The first-order valence-electron chi connectivity index (χ1n) is 5.56. The summed E-state index contributed by atoms with van der Waals surface area (Å²) in [4.78, 5) is 43.5. The van der Waals surface area contributed by atoms with E-state index in [1.54, 1.807) is 0 Å². The predicted molar refractivity (Wildman–Crippen MR) is 64.6 cm³/mol. The zero-order valence-corrected chi connectivity index (χ0v) is 11.1. The number of carboxylic acids is 1. The summed E-state index contributed by atoms with van der Waals surface area (Å²) in [5.41, 5.74) is 0. The van der Waals surface area contributed by atoms with Crippen LogP contribution < -0.4 is 16.0 Å². The van der Waals surface area contributed by atoms with Crippen LogP contribution in [0.15, 0.2) is 0 Å². The second kappa shape index (κ2) is 9.55. The van der Waals surface area contributed by atoms with Crippen molar-refractivity contribution in [2.24, 2.45) is 0 Å². The minimum Gasteiger partial charge on any atom is -0.479 e. The second-order valence-corrected chi connectivity index (χ2v) is 3.51. The Kier molecular flexibility index (Phi) is 8.43. The summed E-state index contributed by atoms with van der Waals surface area (Å²) in [6.45, 7) is 0.371. The molecule has 0 aliphatic rings. The SMILES string of the molecule is COC(=O)NCC(=O)NCC(=O)NCOC(C)C(=O)O. The molecule has 0 aromatic carbocycles. The number of aliphatic carboxylic acids is 1. The van der Waals surface area contributed by atoms with Gasteiger partial charge in [0.25, 0.3) is 0 Å². The van der Waals surface area contributed by atoms with Crippen molar-refractivity contribution >= 4 is 23.9 Å². The van der Waals surface area contributed by atoms with Crippen LogP contribution >= 0.6 is 0 Å². The third-order valence-electron chi connectivity index (χ3n) is 1.98. The monoisotopic (exact) mass is 291 g/mol. The van der Waals surface area contributed by atoms with Gasteiger partial charge in [0.2, 0.25) is 11.8 Å². The minimum atomic E-state index is -1.15. The van der Waals surface area contributed by atoms with Gasteiger partial charge in [0, 0.05) is 0 Å². The van der Waals surface area contributed by atoms with Crippen LogP contribution in [0.1, 0.15) is 6.92 Å². The van der Waals surface area contributed by atoms with Crippen molar-refractivity contribution in [2.45, 2.75) is 13.0 Å². The summed E-state index contributed by atoms with van der Waals surface area (Å²) < 4.78 is 9.00. The predicted octanol–water partition coefficient (Wildman–Crippen LogP) is -1.98. The Morgan fingerprint density at radius 2 is 1.60 bits per heavy atom. The molecule has 0 aliphatic carbocycles. The molecule has 114 valence electrons. The highest BCUT2D eigenvalue weighted by molar-refractivity contribution is 5.87. The first-order valence-corrected chi connectivity index (χ1v) is 5.56. The molecule has 1 unspecified atom stereocenters. The number of rotatable bonds is 8. The van der Waals surface area contributed by atoms with E-state index in [2.05, 4.69) is 20.7 Å². The van der Waals surface area contributed by atoms with Gasteiger partial charge in [-0.15, -0.1) is 0 Å². The molecule has 0 aromatic rings. The van der Waals surface area contributed by atoms with Gasteiger partial charge in [-0.05, 0) is 6.92 Å². The van der Waals surface area contributed by atoms with Crippen molar-refractivity contribution in [3.8, 4) is 0 Å². The van der Waals surface area contributed by atoms with Crippen LogP contribution in [-0.4, -0.2) is 62.0 Å². The normalized spacial score (nSPS) is 11.1. The Labute approximate surface area is 114 Å². The maximum absolute atomic E-state index is 11.2. The van der Waals surface area contributed by atoms with Crippen molar-refractivity contribution in [1.82, 2.24) is 16.0 Å². The number of nitrogens with one attached hydrogen (secondary N) is 3. The van der Waals surface area contributed by atoms with E-state index in [9.17, 15) is 19.2 Å². The molecular formula is C10H17N3O7. The summed E-state index contributed by atoms with van der Waals surface area (Å²) in [5, 5.41) is 15.1. The van der Waals surface area contributed by atoms with Gasteiger partial charge in [0.15, 0.2) is 6.10 Å². The first-order chi connectivity index (χ1) is 9.36. The zero-order valence-electron chi connectivity index (χ0n) is 11.1. The van der Waals surface area contributed by atoms with Gasteiger partial charge in [-0.3, -0.25) is 9.59 Å². The molecule has 0 heterocycles. The number of carboxylic acid groups (broad SMARTS) is 1. The van der Waals surface area contributed by atoms with E-state index < -0.39 is 30.0 Å². The summed E-state index contributed by atoms with van der Waals surface area (Å²) >= 11 is 0. The molecule has 10 heteroatoms. The van der Waals surface area contributed by atoms with Crippen LogP contribution in [0.5, 0.6) is 0 Å². The number of hydrogen-bond acceptors (Lipinski definition) is 6. The second-order valence-electron chi connectivity index (χ2n) is 3.51. The van der Waals surface area contributed by atoms with E-state index >= 15 is 0 Å². The molecule has 0 radical (unpaired) electrons.